The minimum absolute atomic E-state index is 0.373. The van der Waals surface area contributed by atoms with Gasteiger partial charge in [0.1, 0.15) is 12.4 Å². The number of rotatable bonds is 4. The summed E-state index contributed by atoms with van der Waals surface area (Å²) in [6.07, 6.45) is 0. The topological polar surface area (TPSA) is 40.2 Å². The van der Waals surface area contributed by atoms with Gasteiger partial charge in [-0.1, -0.05) is 17.7 Å². The molecule has 3 nitrogen and oxygen atoms in total. The number of hydrogen-bond acceptors (Lipinski definition) is 2. The predicted molar refractivity (Wildman–Crippen MR) is 92.2 cm³/mol. The van der Waals surface area contributed by atoms with Gasteiger partial charge in [-0.3, -0.25) is 0 Å². The van der Waals surface area contributed by atoms with Crippen LogP contribution in [0.1, 0.15) is 31.1 Å². The molecule has 0 atom stereocenters. The maximum Gasteiger partial charge on any atom is 0.128 e. The predicted octanol–water partition coefficient (Wildman–Crippen LogP) is 4.69. The minimum atomic E-state index is 0.373. The number of aromatic nitrogens is 1. The summed E-state index contributed by atoms with van der Waals surface area (Å²) in [4.78, 5) is 0. The normalized spacial score (nSPS) is 11.3. The van der Waals surface area contributed by atoms with Crippen molar-refractivity contribution in [3.63, 3.8) is 0 Å². The molecule has 1 aromatic heterocycles. The summed E-state index contributed by atoms with van der Waals surface area (Å²) in [6.45, 7) is 7.00. The summed E-state index contributed by atoms with van der Waals surface area (Å²) < 4.78 is 8.25. The lowest BCUT2D eigenvalue weighted by Gasteiger charge is -2.15. The van der Waals surface area contributed by atoms with Gasteiger partial charge >= 0.3 is 0 Å². The van der Waals surface area contributed by atoms with Crippen LogP contribution in [0.25, 0.3) is 10.9 Å². The molecule has 2 N–H and O–H groups in total. The summed E-state index contributed by atoms with van der Waals surface area (Å²) in [6, 6.07) is 16.7. The fourth-order valence-electron chi connectivity index (χ4n) is 2.82. The minimum Gasteiger partial charge on any atom is -0.487 e. The van der Waals surface area contributed by atoms with Gasteiger partial charge in [0.2, 0.25) is 0 Å². The van der Waals surface area contributed by atoms with E-state index in [4.69, 9.17) is 10.5 Å². The van der Waals surface area contributed by atoms with Gasteiger partial charge in [-0.2, -0.15) is 0 Å². The maximum absolute atomic E-state index is 5.95. The van der Waals surface area contributed by atoms with E-state index in [0.29, 0.717) is 12.6 Å². The van der Waals surface area contributed by atoms with Gasteiger partial charge in [-0.15, -0.1) is 0 Å². The third-order valence-corrected chi connectivity index (χ3v) is 3.87. The maximum atomic E-state index is 5.95. The second-order valence-corrected chi connectivity index (χ2v) is 6.02. The first-order valence-corrected chi connectivity index (χ1v) is 7.63. The highest BCUT2D eigenvalue weighted by molar-refractivity contribution is 5.84. The fourth-order valence-corrected chi connectivity index (χ4v) is 2.82. The van der Waals surface area contributed by atoms with Gasteiger partial charge in [0.05, 0.1) is 5.69 Å². The molecule has 3 rings (SSSR count). The highest BCUT2D eigenvalue weighted by Crippen LogP contribution is 2.27. The number of benzene rings is 2. The number of ether oxygens (including phenoxy) is 1. The third kappa shape index (κ3) is 2.80. The SMILES string of the molecule is Cc1ccc(OCc2cc3cc(N)ccc3n2C(C)C)cc1. The van der Waals surface area contributed by atoms with Crippen LogP contribution in [-0.4, -0.2) is 4.57 Å². The lowest BCUT2D eigenvalue weighted by molar-refractivity contribution is 0.293. The molecule has 0 bridgehead atoms. The molecule has 114 valence electrons. The van der Waals surface area contributed by atoms with Crippen molar-refractivity contribution in [3.8, 4) is 5.75 Å². The Bertz CT molecular complexity index is 785. The molecule has 3 heteroatoms. The number of fused-ring (bicyclic) bond motifs is 1. The molecule has 0 unspecified atom stereocenters. The van der Waals surface area contributed by atoms with Crippen molar-refractivity contribution in [1.82, 2.24) is 4.57 Å². The largest absolute Gasteiger partial charge is 0.487 e. The first-order chi connectivity index (χ1) is 10.5. The zero-order valence-corrected chi connectivity index (χ0v) is 13.3. The van der Waals surface area contributed by atoms with Crippen LogP contribution < -0.4 is 10.5 Å². The quantitative estimate of drug-likeness (QED) is 0.709. The van der Waals surface area contributed by atoms with Crippen LogP contribution in [0.5, 0.6) is 5.75 Å². The van der Waals surface area contributed by atoms with Gasteiger partial charge in [-0.25, -0.2) is 0 Å². The van der Waals surface area contributed by atoms with E-state index < -0.39 is 0 Å². The van der Waals surface area contributed by atoms with E-state index in [-0.39, 0.29) is 0 Å². The highest BCUT2D eigenvalue weighted by atomic mass is 16.5. The Balaban J connectivity index is 1.92. The summed E-state index contributed by atoms with van der Waals surface area (Å²) in [5.41, 5.74) is 10.3. The molecule has 0 aliphatic rings. The zero-order chi connectivity index (χ0) is 15.7. The van der Waals surface area contributed by atoms with Gasteiger partial charge in [0.15, 0.2) is 0 Å². The number of nitrogens with zero attached hydrogens (tertiary/aromatic N) is 1. The van der Waals surface area contributed by atoms with Gasteiger partial charge in [0.25, 0.3) is 0 Å². The van der Waals surface area contributed by atoms with Gasteiger partial charge < -0.3 is 15.0 Å². The van der Waals surface area contributed by atoms with E-state index >= 15 is 0 Å². The zero-order valence-electron chi connectivity index (χ0n) is 13.3. The Morgan fingerprint density at radius 1 is 1.05 bits per heavy atom. The first kappa shape index (κ1) is 14.5. The highest BCUT2D eigenvalue weighted by Gasteiger charge is 2.12. The first-order valence-electron chi connectivity index (χ1n) is 7.63. The van der Waals surface area contributed by atoms with Crippen molar-refractivity contribution < 1.29 is 4.74 Å². The average Bonchev–Trinajstić information content (AvgIpc) is 2.84. The standard InChI is InChI=1S/C19H22N2O/c1-13(2)21-17(11-15-10-16(20)6-9-19(15)21)12-22-18-7-4-14(3)5-8-18/h4-11,13H,12,20H2,1-3H3. The number of nitrogens with two attached hydrogens (primary N) is 1. The van der Waals surface area contributed by atoms with E-state index in [1.165, 1.54) is 11.1 Å². The van der Waals surface area contributed by atoms with E-state index in [2.05, 4.69) is 49.6 Å². The fraction of sp³-hybridized carbons (Fsp3) is 0.263. The second-order valence-electron chi connectivity index (χ2n) is 6.02. The molecule has 1 heterocycles. The monoisotopic (exact) mass is 294 g/mol. The summed E-state index contributed by atoms with van der Waals surface area (Å²) in [5, 5.41) is 1.16. The van der Waals surface area contributed by atoms with E-state index in [0.717, 1.165) is 22.5 Å². The Kier molecular flexibility index (Phi) is 3.80. The van der Waals surface area contributed by atoms with Crippen LogP contribution in [0, 0.1) is 6.92 Å². The molecular formula is C19H22N2O. The van der Waals surface area contributed by atoms with Crippen molar-refractivity contribution in [1.29, 1.82) is 0 Å². The summed E-state index contributed by atoms with van der Waals surface area (Å²) >= 11 is 0. The molecule has 0 radical (unpaired) electrons. The van der Waals surface area contributed by atoms with E-state index in [1.807, 2.05) is 24.3 Å². The molecule has 0 amide bonds. The number of nitrogen functional groups attached to an aromatic ring is 1. The lowest BCUT2D eigenvalue weighted by atomic mass is 10.2. The van der Waals surface area contributed by atoms with E-state index in [1.54, 1.807) is 0 Å². The molecule has 22 heavy (non-hydrogen) atoms. The number of hydrogen-bond donors (Lipinski definition) is 1. The molecule has 0 aliphatic carbocycles. The summed E-state index contributed by atoms with van der Waals surface area (Å²) in [5.74, 6) is 0.894. The average molecular weight is 294 g/mol. The Morgan fingerprint density at radius 3 is 2.45 bits per heavy atom. The molecule has 3 aromatic rings. The Morgan fingerprint density at radius 2 is 1.77 bits per heavy atom. The third-order valence-electron chi connectivity index (χ3n) is 3.87. The van der Waals surface area contributed by atoms with Crippen molar-refractivity contribution in [3.05, 3.63) is 59.8 Å². The van der Waals surface area contributed by atoms with Crippen LogP contribution in [0.3, 0.4) is 0 Å². The molecule has 0 saturated heterocycles. The molecular weight excluding hydrogens is 272 g/mol. The van der Waals surface area contributed by atoms with Crippen molar-refractivity contribution >= 4 is 16.6 Å². The van der Waals surface area contributed by atoms with Crippen LogP contribution in [0.2, 0.25) is 0 Å². The Hall–Kier alpha value is -2.42. The smallest absolute Gasteiger partial charge is 0.128 e. The van der Waals surface area contributed by atoms with Crippen LogP contribution >= 0.6 is 0 Å². The van der Waals surface area contributed by atoms with Crippen molar-refractivity contribution in [2.24, 2.45) is 0 Å². The van der Waals surface area contributed by atoms with Crippen LogP contribution in [0.4, 0.5) is 5.69 Å². The van der Waals surface area contributed by atoms with E-state index in [9.17, 15) is 0 Å². The number of anilines is 1. The van der Waals surface area contributed by atoms with Crippen LogP contribution in [-0.2, 0) is 6.61 Å². The number of aryl methyl sites for hydroxylation is 1. The summed E-state index contributed by atoms with van der Waals surface area (Å²) in [7, 11) is 0. The van der Waals surface area contributed by atoms with Crippen molar-refractivity contribution in [2.45, 2.75) is 33.4 Å². The lowest BCUT2D eigenvalue weighted by Crippen LogP contribution is -2.08. The molecule has 0 saturated carbocycles. The second kappa shape index (κ2) is 5.76. The van der Waals surface area contributed by atoms with Crippen molar-refractivity contribution in [2.75, 3.05) is 5.73 Å². The molecule has 0 spiro atoms. The molecule has 0 aliphatic heterocycles. The van der Waals surface area contributed by atoms with Gasteiger partial charge in [0, 0.05) is 22.6 Å². The molecule has 0 fully saturated rings. The Labute approximate surface area is 131 Å². The molecule has 2 aromatic carbocycles. The van der Waals surface area contributed by atoms with Gasteiger partial charge in [-0.05, 0) is 57.2 Å². The van der Waals surface area contributed by atoms with Crippen LogP contribution in [0.15, 0.2) is 48.5 Å².